The number of benzene rings is 3. The highest BCUT2D eigenvalue weighted by molar-refractivity contribution is 9.10. The maximum Gasteiger partial charge on any atom is 0.407 e. The number of amides is 1. The Morgan fingerprint density at radius 1 is 1.06 bits per heavy atom. The van der Waals surface area contributed by atoms with Gasteiger partial charge in [0.15, 0.2) is 11.5 Å². The minimum absolute atomic E-state index is 0.0723. The standard InChI is InChI=1S/C25H24BrNO6/c1-32-22-11-14(26)10-19(24(22)30)23(29)21(28)12-27-25(31)33-13-20-17-8-4-2-6-15(17)16-7-3-5-9-18(16)20/h2-11,20-21,23,28-30H,12-13H2,1H3,(H,27,31). The number of methoxy groups -OCH3 is 1. The Morgan fingerprint density at radius 3 is 2.27 bits per heavy atom. The molecule has 0 bridgehead atoms. The number of hydrogen-bond donors (Lipinski definition) is 4. The summed E-state index contributed by atoms with van der Waals surface area (Å²) in [5, 5.41) is 33.5. The Bertz CT molecular complexity index is 1120. The van der Waals surface area contributed by atoms with Gasteiger partial charge in [0.1, 0.15) is 18.8 Å². The first-order valence-corrected chi connectivity index (χ1v) is 11.2. The summed E-state index contributed by atoms with van der Waals surface area (Å²) in [6.07, 6.45) is -3.54. The van der Waals surface area contributed by atoms with Gasteiger partial charge in [-0.15, -0.1) is 0 Å². The predicted octanol–water partition coefficient (Wildman–Crippen LogP) is 4.10. The highest BCUT2D eigenvalue weighted by Crippen LogP contribution is 2.44. The van der Waals surface area contributed by atoms with E-state index in [-0.39, 0.29) is 36.1 Å². The molecule has 0 aromatic heterocycles. The molecule has 0 saturated carbocycles. The highest BCUT2D eigenvalue weighted by Gasteiger charge is 2.29. The first-order chi connectivity index (χ1) is 15.9. The molecule has 1 aliphatic rings. The van der Waals surface area contributed by atoms with E-state index >= 15 is 0 Å². The fourth-order valence-electron chi connectivity index (χ4n) is 4.13. The summed E-state index contributed by atoms with van der Waals surface area (Å²) < 4.78 is 11.1. The Balaban J connectivity index is 1.36. The summed E-state index contributed by atoms with van der Waals surface area (Å²) in [4.78, 5) is 12.3. The van der Waals surface area contributed by atoms with Crippen LogP contribution in [-0.2, 0) is 4.74 Å². The number of ether oxygens (including phenoxy) is 2. The lowest BCUT2D eigenvalue weighted by atomic mass is 9.98. The van der Waals surface area contributed by atoms with Crippen LogP contribution in [-0.4, -0.2) is 47.8 Å². The molecule has 3 aromatic rings. The van der Waals surface area contributed by atoms with E-state index in [9.17, 15) is 20.1 Å². The molecular weight excluding hydrogens is 490 g/mol. The molecule has 1 aliphatic carbocycles. The largest absolute Gasteiger partial charge is 0.504 e. The number of rotatable bonds is 7. The maximum atomic E-state index is 12.3. The molecule has 4 rings (SSSR count). The molecule has 2 unspecified atom stereocenters. The number of phenolic OH excluding ortho intramolecular Hbond substituents is 1. The van der Waals surface area contributed by atoms with Crippen LogP contribution >= 0.6 is 15.9 Å². The number of hydrogen-bond acceptors (Lipinski definition) is 6. The zero-order valence-electron chi connectivity index (χ0n) is 17.9. The Hall–Kier alpha value is -3.07. The molecule has 0 fully saturated rings. The second-order valence-corrected chi connectivity index (χ2v) is 8.68. The SMILES string of the molecule is COc1cc(Br)cc(C(O)C(O)CNC(=O)OCC2c3ccccc3-c3ccccc32)c1O. The number of carbonyl (C=O) groups is 1. The topological polar surface area (TPSA) is 108 Å². The third kappa shape index (κ3) is 4.68. The van der Waals surface area contributed by atoms with Gasteiger partial charge in [-0.25, -0.2) is 4.79 Å². The minimum atomic E-state index is -1.45. The van der Waals surface area contributed by atoms with Gasteiger partial charge in [-0.05, 0) is 34.4 Å². The quantitative estimate of drug-likeness (QED) is 0.378. The second-order valence-electron chi connectivity index (χ2n) is 7.76. The molecule has 4 N–H and O–H groups in total. The van der Waals surface area contributed by atoms with E-state index in [0.29, 0.717) is 4.47 Å². The van der Waals surface area contributed by atoms with E-state index in [2.05, 4.69) is 33.4 Å². The molecule has 0 aliphatic heterocycles. The van der Waals surface area contributed by atoms with Crippen molar-refractivity contribution in [1.29, 1.82) is 0 Å². The summed E-state index contributed by atoms with van der Waals surface area (Å²) in [5.41, 5.74) is 4.53. The Labute approximate surface area is 199 Å². The van der Waals surface area contributed by atoms with Gasteiger partial charge < -0.3 is 30.1 Å². The van der Waals surface area contributed by atoms with Crippen LogP contribution in [0.5, 0.6) is 11.5 Å². The average Bonchev–Trinajstić information content (AvgIpc) is 3.15. The van der Waals surface area contributed by atoms with Gasteiger partial charge >= 0.3 is 6.09 Å². The zero-order chi connectivity index (χ0) is 23.5. The molecule has 33 heavy (non-hydrogen) atoms. The molecule has 2 atom stereocenters. The predicted molar refractivity (Wildman–Crippen MR) is 126 cm³/mol. The molecule has 0 saturated heterocycles. The van der Waals surface area contributed by atoms with Gasteiger partial charge in [-0.1, -0.05) is 64.5 Å². The van der Waals surface area contributed by atoms with Gasteiger partial charge in [-0.2, -0.15) is 0 Å². The van der Waals surface area contributed by atoms with Crippen molar-refractivity contribution < 1.29 is 29.6 Å². The maximum absolute atomic E-state index is 12.3. The lowest BCUT2D eigenvalue weighted by Gasteiger charge is -2.21. The number of aliphatic hydroxyl groups is 2. The molecule has 0 radical (unpaired) electrons. The third-order valence-electron chi connectivity index (χ3n) is 5.77. The Morgan fingerprint density at radius 2 is 1.67 bits per heavy atom. The number of halogens is 1. The molecule has 7 nitrogen and oxygen atoms in total. The molecular formula is C25H24BrNO6. The molecule has 172 valence electrons. The van der Waals surface area contributed by atoms with Crippen LogP contribution in [0, 0.1) is 0 Å². The van der Waals surface area contributed by atoms with Crippen molar-refractivity contribution in [2.45, 2.75) is 18.1 Å². The second kappa shape index (κ2) is 9.82. The summed E-state index contributed by atoms with van der Waals surface area (Å²) >= 11 is 3.27. The van der Waals surface area contributed by atoms with Crippen molar-refractivity contribution in [2.24, 2.45) is 0 Å². The van der Waals surface area contributed by atoms with Crippen molar-refractivity contribution in [3.63, 3.8) is 0 Å². The first kappa shape index (κ1) is 23.1. The fraction of sp³-hybridized carbons (Fsp3) is 0.240. The van der Waals surface area contributed by atoms with E-state index in [4.69, 9.17) is 9.47 Å². The van der Waals surface area contributed by atoms with Crippen molar-refractivity contribution in [3.05, 3.63) is 81.8 Å². The van der Waals surface area contributed by atoms with Crippen molar-refractivity contribution >= 4 is 22.0 Å². The number of alkyl carbamates (subject to hydrolysis) is 1. The van der Waals surface area contributed by atoms with Crippen molar-refractivity contribution in [3.8, 4) is 22.6 Å². The minimum Gasteiger partial charge on any atom is -0.504 e. The molecule has 8 heteroatoms. The van der Waals surface area contributed by atoms with Gasteiger partial charge in [0.05, 0.1) is 7.11 Å². The fourth-order valence-corrected chi connectivity index (χ4v) is 4.59. The average molecular weight is 514 g/mol. The van der Waals surface area contributed by atoms with E-state index in [1.165, 1.54) is 19.2 Å². The molecule has 1 amide bonds. The number of carbonyl (C=O) groups excluding carboxylic acids is 1. The van der Waals surface area contributed by atoms with E-state index < -0.39 is 18.3 Å². The number of nitrogens with one attached hydrogen (secondary N) is 1. The Kier molecular flexibility index (Phi) is 6.88. The van der Waals surface area contributed by atoms with Crippen LogP contribution in [0.25, 0.3) is 11.1 Å². The summed E-state index contributed by atoms with van der Waals surface area (Å²) in [5.74, 6) is -0.215. The van der Waals surface area contributed by atoms with Gasteiger partial charge in [0.2, 0.25) is 0 Å². The molecule has 3 aromatic carbocycles. The number of phenols is 1. The number of aromatic hydroxyl groups is 1. The number of fused-ring (bicyclic) bond motifs is 3. The zero-order valence-corrected chi connectivity index (χ0v) is 19.5. The van der Waals surface area contributed by atoms with E-state index in [1.807, 2.05) is 36.4 Å². The van der Waals surface area contributed by atoms with E-state index in [0.717, 1.165) is 22.3 Å². The van der Waals surface area contributed by atoms with Crippen LogP contribution in [0.2, 0.25) is 0 Å². The summed E-state index contributed by atoms with van der Waals surface area (Å²) in [6, 6.07) is 19.1. The lowest BCUT2D eigenvalue weighted by molar-refractivity contribution is 0.0170. The van der Waals surface area contributed by atoms with Crippen LogP contribution < -0.4 is 10.1 Å². The lowest BCUT2D eigenvalue weighted by Crippen LogP contribution is -2.36. The monoisotopic (exact) mass is 513 g/mol. The van der Waals surface area contributed by atoms with Crippen LogP contribution in [0.3, 0.4) is 0 Å². The van der Waals surface area contributed by atoms with Crippen molar-refractivity contribution in [1.82, 2.24) is 5.32 Å². The smallest absolute Gasteiger partial charge is 0.407 e. The van der Waals surface area contributed by atoms with Crippen LogP contribution in [0.1, 0.15) is 28.7 Å². The van der Waals surface area contributed by atoms with Crippen LogP contribution in [0.4, 0.5) is 4.79 Å². The number of aliphatic hydroxyl groups excluding tert-OH is 2. The van der Waals surface area contributed by atoms with Crippen LogP contribution in [0.15, 0.2) is 65.1 Å². The summed E-state index contributed by atoms with van der Waals surface area (Å²) in [6.45, 7) is -0.131. The van der Waals surface area contributed by atoms with Gasteiger partial charge in [0.25, 0.3) is 0 Å². The third-order valence-corrected chi connectivity index (χ3v) is 6.23. The molecule has 0 heterocycles. The summed E-state index contributed by atoms with van der Waals surface area (Å²) in [7, 11) is 1.38. The van der Waals surface area contributed by atoms with Gasteiger partial charge in [-0.3, -0.25) is 0 Å². The normalized spacial score (nSPS) is 14.2. The highest BCUT2D eigenvalue weighted by atomic mass is 79.9. The molecule has 0 spiro atoms. The van der Waals surface area contributed by atoms with Gasteiger partial charge in [0, 0.05) is 22.5 Å². The van der Waals surface area contributed by atoms with Crippen molar-refractivity contribution in [2.75, 3.05) is 20.3 Å². The van der Waals surface area contributed by atoms with E-state index in [1.54, 1.807) is 0 Å². The first-order valence-electron chi connectivity index (χ1n) is 10.4.